The van der Waals surface area contributed by atoms with Crippen molar-refractivity contribution in [3.05, 3.63) is 72.9 Å². The van der Waals surface area contributed by atoms with Crippen molar-refractivity contribution in [2.24, 2.45) is 5.92 Å². The molecule has 0 unspecified atom stereocenters. The highest BCUT2D eigenvalue weighted by Gasteiger charge is 2.13. The first-order valence-corrected chi connectivity index (χ1v) is 12.5. The number of hydrogen-bond donors (Lipinski definition) is 1. The van der Waals surface area contributed by atoms with Gasteiger partial charge < -0.3 is 5.32 Å². The van der Waals surface area contributed by atoms with Crippen LogP contribution < -0.4 is 5.32 Å². The summed E-state index contributed by atoms with van der Waals surface area (Å²) in [7, 11) is 0. The van der Waals surface area contributed by atoms with Crippen LogP contribution in [0.15, 0.2) is 72.9 Å². The fourth-order valence-corrected chi connectivity index (χ4v) is 3.59. The maximum absolute atomic E-state index is 11.9. The van der Waals surface area contributed by atoms with Gasteiger partial charge in [0.1, 0.15) is 0 Å². The summed E-state index contributed by atoms with van der Waals surface area (Å²) in [6.45, 7) is 3.04. The van der Waals surface area contributed by atoms with E-state index in [9.17, 15) is 4.79 Å². The second-order valence-electron chi connectivity index (χ2n) is 8.26. The van der Waals surface area contributed by atoms with Crippen LogP contribution in [-0.2, 0) is 4.79 Å². The summed E-state index contributed by atoms with van der Waals surface area (Å²) >= 11 is 0. The van der Waals surface area contributed by atoms with Crippen molar-refractivity contribution in [2.45, 2.75) is 90.4 Å². The average Bonchev–Trinajstić information content (AvgIpc) is 2.80. The normalized spacial score (nSPS) is 16.3. The number of hydrogen-bond acceptors (Lipinski definition) is 1. The van der Waals surface area contributed by atoms with Gasteiger partial charge in [-0.05, 0) is 63.7 Å². The van der Waals surface area contributed by atoms with E-state index in [0.29, 0.717) is 12.3 Å². The Kier molecular flexibility index (Phi) is 18.4. The Morgan fingerprint density at radius 3 is 1.61 bits per heavy atom. The van der Waals surface area contributed by atoms with Crippen molar-refractivity contribution in [3.63, 3.8) is 0 Å². The molecule has 0 bridgehead atoms. The molecule has 0 spiro atoms. The number of carbonyl (C=O) groups is 1. The summed E-state index contributed by atoms with van der Waals surface area (Å²) in [6, 6.07) is 0. The molecule has 1 fully saturated rings. The Hall–Kier alpha value is -2.09. The first-order chi connectivity index (χ1) is 15.3. The van der Waals surface area contributed by atoms with Crippen LogP contribution in [0.2, 0.25) is 0 Å². The third-order valence-electron chi connectivity index (χ3n) is 5.45. The minimum Gasteiger partial charge on any atom is -0.356 e. The molecule has 0 aliphatic heterocycles. The smallest absolute Gasteiger partial charge is 0.220 e. The second kappa shape index (κ2) is 21.2. The summed E-state index contributed by atoms with van der Waals surface area (Å²) < 4.78 is 0. The van der Waals surface area contributed by atoms with Crippen LogP contribution in [0.25, 0.3) is 0 Å². The lowest BCUT2D eigenvalue weighted by molar-refractivity contribution is -0.121. The molecule has 0 saturated heterocycles. The van der Waals surface area contributed by atoms with Crippen molar-refractivity contribution in [3.8, 4) is 0 Å². The Balaban J connectivity index is 1.93. The minimum atomic E-state index is 0.199. The molecule has 1 N–H and O–H groups in total. The zero-order valence-electron chi connectivity index (χ0n) is 19.8. The van der Waals surface area contributed by atoms with E-state index in [2.05, 4.69) is 85.2 Å². The van der Waals surface area contributed by atoms with Gasteiger partial charge in [0, 0.05) is 13.0 Å². The largest absolute Gasteiger partial charge is 0.356 e. The molecule has 0 aromatic rings. The SMILES string of the molecule is CC/C=C\C/C=C\C/C=C\C/C=C\C/C=C\C/C=C\CCC(=O)NCC1CCCCC1. The Morgan fingerprint density at radius 2 is 1.13 bits per heavy atom. The average molecular weight is 424 g/mol. The highest BCUT2D eigenvalue weighted by atomic mass is 16.1. The molecule has 0 aromatic carbocycles. The molecule has 1 rings (SSSR count). The van der Waals surface area contributed by atoms with E-state index in [1.165, 1.54) is 32.1 Å². The Bertz CT molecular complexity index is 600. The molecule has 1 amide bonds. The van der Waals surface area contributed by atoms with Gasteiger partial charge in [-0.25, -0.2) is 0 Å². The van der Waals surface area contributed by atoms with Crippen LogP contribution >= 0.6 is 0 Å². The summed E-state index contributed by atoms with van der Waals surface area (Å²) in [5, 5.41) is 3.11. The lowest BCUT2D eigenvalue weighted by Gasteiger charge is -2.21. The van der Waals surface area contributed by atoms with E-state index in [-0.39, 0.29) is 5.91 Å². The van der Waals surface area contributed by atoms with Crippen LogP contribution in [-0.4, -0.2) is 12.5 Å². The maximum atomic E-state index is 11.9. The fraction of sp³-hybridized carbons (Fsp3) is 0.552. The van der Waals surface area contributed by atoms with Crippen LogP contribution in [0.3, 0.4) is 0 Å². The summed E-state index contributed by atoms with van der Waals surface area (Å²) in [5.41, 5.74) is 0. The molecule has 0 heterocycles. The number of amides is 1. The first kappa shape index (κ1) is 26.9. The third-order valence-corrected chi connectivity index (χ3v) is 5.45. The quantitative estimate of drug-likeness (QED) is 0.249. The highest BCUT2D eigenvalue weighted by Crippen LogP contribution is 2.22. The van der Waals surface area contributed by atoms with Crippen molar-refractivity contribution in [1.82, 2.24) is 5.32 Å². The third kappa shape index (κ3) is 18.4. The van der Waals surface area contributed by atoms with Gasteiger partial charge in [-0.3, -0.25) is 4.79 Å². The van der Waals surface area contributed by atoms with E-state index in [4.69, 9.17) is 0 Å². The predicted octanol–water partition coefficient (Wildman–Crippen LogP) is 8.16. The van der Waals surface area contributed by atoms with Gasteiger partial charge in [0.15, 0.2) is 0 Å². The van der Waals surface area contributed by atoms with Gasteiger partial charge in [-0.15, -0.1) is 0 Å². The number of allylic oxidation sites excluding steroid dienone is 12. The van der Waals surface area contributed by atoms with Crippen molar-refractivity contribution < 1.29 is 4.79 Å². The maximum Gasteiger partial charge on any atom is 0.220 e. The topological polar surface area (TPSA) is 29.1 Å². The van der Waals surface area contributed by atoms with Gasteiger partial charge in [0.05, 0.1) is 0 Å². The summed E-state index contributed by atoms with van der Waals surface area (Å²) in [4.78, 5) is 11.9. The minimum absolute atomic E-state index is 0.199. The zero-order chi connectivity index (χ0) is 22.2. The second-order valence-corrected chi connectivity index (χ2v) is 8.26. The van der Waals surface area contributed by atoms with Crippen LogP contribution in [0.4, 0.5) is 0 Å². The number of nitrogens with one attached hydrogen (secondary N) is 1. The van der Waals surface area contributed by atoms with Crippen LogP contribution in [0.5, 0.6) is 0 Å². The molecule has 2 heteroatoms. The first-order valence-electron chi connectivity index (χ1n) is 12.5. The molecule has 0 atom stereocenters. The molecule has 31 heavy (non-hydrogen) atoms. The lowest BCUT2D eigenvalue weighted by atomic mass is 9.89. The van der Waals surface area contributed by atoms with Crippen molar-refractivity contribution >= 4 is 5.91 Å². The summed E-state index contributed by atoms with van der Waals surface area (Å²) in [5.74, 6) is 0.911. The van der Waals surface area contributed by atoms with E-state index in [1.807, 2.05) is 0 Å². The number of carbonyl (C=O) groups excluding carboxylic acids is 1. The van der Waals surface area contributed by atoms with Crippen LogP contribution in [0.1, 0.15) is 90.4 Å². The standard InChI is InChI=1S/C29H45NO/c1-2-3-4-5-6-7-8-9-10-11-12-13-14-15-16-17-18-19-23-26-29(31)30-27-28-24-21-20-22-25-28/h3-4,6-7,9-10,12-13,15-16,18-19,28H,2,5,8,11,14,17,20-27H2,1H3,(H,30,31)/b4-3-,7-6-,10-9-,13-12-,16-15-,19-18-. The Morgan fingerprint density at radius 1 is 0.677 bits per heavy atom. The van der Waals surface area contributed by atoms with E-state index in [0.717, 1.165) is 51.5 Å². The molecule has 1 aliphatic rings. The molecule has 1 aliphatic carbocycles. The zero-order valence-corrected chi connectivity index (χ0v) is 19.8. The molecular formula is C29H45NO. The molecule has 2 nitrogen and oxygen atoms in total. The van der Waals surface area contributed by atoms with E-state index in [1.54, 1.807) is 0 Å². The van der Waals surface area contributed by atoms with Gasteiger partial charge in [-0.1, -0.05) is 99.1 Å². The summed E-state index contributed by atoms with van der Waals surface area (Å²) in [6.07, 6.45) is 40.6. The van der Waals surface area contributed by atoms with Gasteiger partial charge in [0.2, 0.25) is 5.91 Å². The van der Waals surface area contributed by atoms with Gasteiger partial charge >= 0.3 is 0 Å². The lowest BCUT2D eigenvalue weighted by Crippen LogP contribution is -2.29. The van der Waals surface area contributed by atoms with E-state index >= 15 is 0 Å². The van der Waals surface area contributed by atoms with Crippen molar-refractivity contribution in [1.29, 1.82) is 0 Å². The molecular weight excluding hydrogens is 378 g/mol. The predicted molar refractivity (Wildman–Crippen MR) is 137 cm³/mol. The molecule has 0 aromatic heterocycles. The Labute approximate surface area is 192 Å². The molecule has 1 saturated carbocycles. The molecule has 0 radical (unpaired) electrons. The monoisotopic (exact) mass is 423 g/mol. The fourth-order valence-electron chi connectivity index (χ4n) is 3.59. The molecule has 172 valence electrons. The van der Waals surface area contributed by atoms with Crippen LogP contribution in [0, 0.1) is 5.92 Å². The van der Waals surface area contributed by atoms with Crippen molar-refractivity contribution in [2.75, 3.05) is 6.54 Å². The van der Waals surface area contributed by atoms with Gasteiger partial charge in [-0.2, -0.15) is 0 Å². The van der Waals surface area contributed by atoms with E-state index < -0.39 is 0 Å². The van der Waals surface area contributed by atoms with Gasteiger partial charge in [0.25, 0.3) is 0 Å². The highest BCUT2D eigenvalue weighted by molar-refractivity contribution is 5.75. The number of rotatable bonds is 16.